The van der Waals surface area contributed by atoms with Crippen LogP contribution in [-0.2, 0) is 6.42 Å². The van der Waals surface area contributed by atoms with Crippen LogP contribution >= 0.6 is 24.0 Å². The molecule has 2 aromatic rings. The highest BCUT2D eigenvalue weighted by molar-refractivity contribution is 14.0. The quantitative estimate of drug-likeness (QED) is 0.358. The van der Waals surface area contributed by atoms with Crippen molar-refractivity contribution in [1.82, 2.24) is 25.3 Å². The van der Waals surface area contributed by atoms with Crippen LogP contribution in [0.2, 0.25) is 0 Å². The number of guanidine groups is 1. The zero-order valence-electron chi connectivity index (χ0n) is 17.1. The molecule has 1 aliphatic heterocycles. The summed E-state index contributed by atoms with van der Waals surface area (Å²) in [4.78, 5) is 25.4. The SMILES string of the molecule is CCNC(=NCCc1nc(C(C)C)no1)N1CCN(C(=O)c2ccco2)CC1.I. The number of aromatic nitrogens is 2. The Balaban J connectivity index is 0.00000300. The number of rotatable bonds is 6. The van der Waals surface area contributed by atoms with Crippen molar-refractivity contribution in [2.75, 3.05) is 39.3 Å². The van der Waals surface area contributed by atoms with E-state index in [4.69, 9.17) is 8.94 Å². The van der Waals surface area contributed by atoms with Crippen molar-refractivity contribution in [2.45, 2.75) is 33.1 Å². The van der Waals surface area contributed by atoms with E-state index in [1.807, 2.05) is 25.7 Å². The lowest BCUT2D eigenvalue weighted by molar-refractivity contribution is 0.0657. The normalized spacial score (nSPS) is 14.8. The number of carbonyl (C=O) groups is 1. The standard InChI is InChI=1S/C19H28N6O3.HI/c1-4-20-19(21-8-7-16-22-17(14(2)3)23-28-16)25-11-9-24(10-12-25)18(26)15-6-5-13-27-15;/h5-6,13-14H,4,7-12H2,1-3H3,(H,20,21);1H. The Morgan fingerprint density at radius 2 is 2.00 bits per heavy atom. The van der Waals surface area contributed by atoms with Gasteiger partial charge in [0.05, 0.1) is 12.8 Å². The molecule has 9 nitrogen and oxygen atoms in total. The maximum atomic E-state index is 12.4. The third kappa shape index (κ3) is 6.18. The molecular formula is C19H29IN6O3. The van der Waals surface area contributed by atoms with Crippen LogP contribution in [-0.4, -0.2) is 71.1 Å². The fourth-order valence-corrected chi connectivity index (χ4v) is 2.96. The summed E-state index contributed by atoms with van der Waals surface area (Å²) in [6.07, 6.45) is 2.12. The van der Waals surface area contributed by atoms with Gasteiger partial charge >= 0.3 is 0 Å². The highest BCUT2D eigenvalue weighted by Crippen LogP contribution is 2.11. The van der Waals surface area contributed by atoms with Crippen LogP contribution in [0.3, 0.4) is 0 Å². The lowest BCUT2D eigenvalue weighted by Crippen LogP contribution is -2.53. The maximum Gasteiger partial charge on any atom is 0.289 e. The first kappa shape index (κ1) is 23.2. The molecule has 0 saturated carbocycles. The Morgan fingerprint density at radius 1 is 1.28 bits per heavy atom. The Labute approximate surface area is 187 Å². The number of hydrogen-bond acceptors (Lipinski definition) is 6. The molecule has 0 aliphatic carbocycles. The van der Waals surface area contributed by atoms with Gasteiger partial charge in [0.15, 0.2) is 17.5 Å². The van der Waals surface area contributed by atoms with E-state index in [-0.39, 0.29) is 35.8 Å². The van der Waals surface area contributed by atoms with E-state index in [0.29, 0.717) is 37.7 Å². The second kappa shape index (κ2) is 11.2. The molecule has 3 rings (SSSR count). The Bertz CT molecular complexity index is 782. The van der Waals surface area contributed by atoms with Crippen LogP contribution in [0.25, 0.3) is 0 Å². The zero-order chi connectivity index (χ0) is 19.9. The number of nitrogens with one attached hydrogen (secondary N) is 1. The second-order valence-corrected chi connectivity index (χ2v) is 6.94. The van der Waals surface area contributed by atoms with Crippen molar-refractivity contribution in [1.29, 1.82) is 0 Å². The molecular weight excluding hydrogens is 487 g/mol. The van der Waals surface area contributed by atoms with Gasteiger partial charge in [-0.1, -0.05) is 19.0 Å². The Morgan fingerprint density at radius 3 is 2.59 bits per heavy atom. The zero-order valence-corrected chi connectivity index (χ0v) is 19.5. The van der Waals surface area contributed by atoms with Gasteiger partial charge in [0.1, 0.15) is 0 Å². The van der Waals surface area contributed by atoms with E-state index < -0.39 is 0 Å². The molecule has 1 N–H and O–H groups in total. The van der Waals surface area contributed by atoms with E-state index in [9.17, 15) is 4.79 Å². The number of amides is 1. The molecule has 1 aliphatic rings. The maximum absolute atomic E-state index is 12.4. The molecule has 0 spiro atoms. The molecule has 2 aromatic heterocycles. The molecule has 0 unspecified atom stereocenters. The summed E-state index contributed by atoms with van der Waals surface area (Å²) in [5, 5.41) is 7.30. The van der Waals surface area contributed by atoms with Gasteiger partial charge in [0.2, 0.25) is 5.89 Å². The van der Waals surface area contributed by atoms with Crippen molar-refractivity contribution >= 4 is 35.8 Å². The summed E-state index contributed by atoms with van der Waals surface area (Å²) in [6, 6.07) is 3.43. The van der Waals surface area contributed by atoms with Gasteiger partial charge < -0.3 is 24.1 Å². The summed E-state index contributed by atoms with van der Waals surface area (Å²) in [5.74, 6) is 2.74. The van der Waals surface area contributed by atoms with Gasteiger partial charge in [0.25, 0.3) is 5.91 Å². The molecule has 1 fully saturated rings. The lowest BCUT2D eigenvalue weighted by Gasteiger charge is -2.36. The van der Waals surface area contributed by atoms with Crippen molar-refractivity contribution in [3.63, 3.8) is 0 Å². The predicted molar refractivity (Wildman–Crippen MR) is 120 cm³/mol. The first-order valence-corrected chi connectivity index (χ1v) is 9.77. The molecule has 0 radical (unpaired) electrons. The molecule has 0 aromatic carbocycles. The molecule has 1 saturated heterocycles. The summed E-state index contributed by atoms with van der Waals surface area (Å²) < 4.78 is 10.5. The molecule has 10 heteroatoms. The van der Waals surface area contributed by atoms with E-state index in [0.717, 1.165) is 31.4 Å². The van der Waals surface area contributed by atoms with Crippen LogP contribution in [0.5, 0.6) is 0 Å². The van der Waals surface area contributed by atoms with Crippen molar-refractivity contribution in [3.05, 3.63) is 35.9 Å². The first-order chi connectivity index (χ1) is 13.6. The van der Waals surface area contributed by atoms with Gasteiger partial charge in [-0.2, -0.15) is 4.98 Å². The molecule has 0 atom stereocenters. The van der Waals surface area contributed by atoms with E-state index in [1.165, 1.54) is 6.26 Å². The third-order valence-electron chi connectivity index (χ3n) is 4.52. The van der Waals surface area contributed by atoms with E-state index in [2.05, 4.69) is 25.3 Å². The fraction of sp³-hybridized carbons (Fsp3) is 0.579. The minimum absolute atomic E-state index is 0. The lowest BCUT2D eigenvalue weighted by atomic mass is 10.2. The highest BCUT2D eigenvalue weighted by atomic mass is 127. The minimum atomic E-state index is -0.0658. The van der Waals surface area contributed by atoms with Gasteiger partial charge in [-0.3, -0.25) is 9.79 Å². The van der Waals surface area contributed by atoms with E-state index in [1.54, 1.807) is 12.1 Å². The molecule has 0 bridgehead atoms. The first-order valence-electron chi connectivity index (χ1n) is 9.77. The number of hydrogen-bond donors (Lipinski definition) is 1. The number of aliphatic imine (C=N–C) groups is 1. The number of nitrogens with zero attached hydrogens (tertiary/aromatic N) is 5. The largest absolute Gasteiger partial charge is 0.459 e. The van der Waals surface area contributed by atoms with Crippen LogP contribution in [0.4, 0.5) is 0 Å². The smallest absolute Gasteiger partial charge is 0.289 e. The van der Waals surface area contributed by atoms with Crippen molar-refractivity contribution in [2.24, 2.45) is 4.99 Å². The average molecular weight is 516 g/mol. The van der Waals surface area contributed by atoms with Crippen LogP contribution in [0.15, 0.2) is 32.3 Å². The summed E-state index contributed by atoms with van der Waals surface area (Å²) >= 11 is 0. The second-order valence-electron chi connectivity index (χ2n) is 6.94. The van der Waals surface area contributed by atoms with Crippen LogP contribution in [0, 0.1) is 0 Å². The number of carbonyl (C=O) groups excluding carboxylic acids is 1. The highest BCUT2D eigenvalue weighted by Gasteiger charge is 2.25. The Hall–Kier alpha value is -2.11. The fourth-order valence-electron chi connectivity index (χ4n) is 2.96. The average Bonchev–Trinajstić information content (AvgIpc) is 3.39. The topological polar surface area (TPSA) is 100 Å². The molecule has 3 heterocycles. The third-order valence-corrected chi connectivity index (χ3v) is 4.52. The minimum Gasteiger partial charge on any atom is -0.459 e. The van der Waals surface area contributed by atoms with Crippen LogP contribution in [0.1, 0.15) is 49.0 Å². The molecule has 1 amide bonds. The van der Waals surface area contributed by atoms with Crippen molar-refractivity contribution < 1.29 is 13.7 Å². The monoisotopic (exact) mass is 516 g/mol. The molecule has 160 valence electrons. The van der Waals surface area contributed by atoms with Gasteiger partial charge in [-0.05, 0) is 19.1 Å². The van der Waals surface area contributed by atoms with Crippen molar-refractivity contribution in [3.8, 4) is 0 Å². The van der Waals surface area contributed by atoms with Gasteiger partial charge in [-0.15, -0.1) is 24.0 Å². The van der Waals surface area contributed by atoms with Gasteiger partial charge in [-0.25, -0.2) is 0 Å². The Kier molecular flexibility index (Phi) is 8.93. The summed E-state index contributed by atoms with van der Waals surface area (Å²) in [7, 11) is 0. The van der Waals surface area contributed by atoms with Gasteiger partial charge in [0, 0.05) is 45.1 Å². The summed E-state index contributed by atoms with van der Waals surface area (Å²) in [6.45, 7) is 10.2. The summed E-state index contributed by atoms with van der Waals surface area (Å²) in [5.41, 5.74) is 0. The molecule has 29 heavy (non-hydrogen) atoms. The van der Waals surface area contributed by atoms with Crippen LogP contribution < -0.4 is 5.32 Å². The number of piperazine rings is 1. The van der Waals surface area contributed by atoms with E-state index >= 15 is 0 Å². The number of halogens is 1. The predicted octanol–water partition coefficient (Wildman–Crippen LogP) is 2.37. The number of furan rings is 1.